The van der Waals surface area contributed by atoms with E-state index in [1.165, 1.54) is 0 Å². The summed E-state index contributed by atoms with van der Waals surface area (Å²) in [5.41, 5.74) is 1.17. The summed E-state index contributed by atoms with van der Waals surface area (Å²) in [5, 5.41) is 6.64. The number of hydrogen-bond acceptors (Lipinski definition) is 7. The van der Waals surface area contributed by atoms with Crippen molar-refractivity contribution in [3.8, 4) is 23.0 Å². The van der Waals surface area contributed by atoms with E-state index in [4.69, 9.17) is 18.7 Å². The van der Waals surface area contributed by atoms with Gasteiger partial charge in [-0.2, -0.15) is 4.98 Å². The lowest BCUT2D eigenvalue weighted by Gasteiger charge is -2.09. The highest BCUT2D eigenvalue weighted by Gasteiger charge is 2.08. The molecule has 0 spiro atoms. The Kier molecular flexibility index (Phi) is 6.84. The molecule has 1 aromatic heterocycles. The molecule has 0 bridgehead atoms. The molecule has 0 unspecified atom stereocenters. The number of carbonyl (C=O) groups excluding carboxylic acids is 1. The van der Waals surface area contributed by atoms with Crippen LogP contribution in [0.3, 0.4) is 0 Å². The molecule has 0 radical (unpaired) electrons. The van der Waals surface area contributed by atoms with Crippen molar-refractivity contribution in [3.63, 3.8) is 0 Å². The summed E-state index contributed by atoms with van der Waals surface area (Å²) in [4.78, 5) is 16.6. The van der Waals surface area contributed by atoms with Crippen LogP contribution in [0.2, 0.25) is 0 Å². The van der Waals surface area contributed by atoms with Crippen LogP contribution in [0.1, 0.15) is 29.0 Å². The predicted molar refractivity (Wildman–Crippen MR) is 122 cm³/mol. The van der Waals surface area contributed by atoms with Crippen molar-refractivity contribution in [2.45, 2.75) is 20.5 Å². The summed E-state index contributed by atoms with van der Waals surface area (Å²) < 4.78 is 21.8. The Morgan fingerprint density at radius 3 is 2.03 bits per heavy atom. The molecule has 168 valence electrons. The topological polar surface area (TPSA) is 95.7 Å². The average molecular weight is 445 g/mol. The lowest BCUT2D eigenvalue weighted by Crippen LogP contribution is -2.11. The molecule has 0 fully saturated rings. The number of aromatic nitrogens is 2. The first-order valence-electron chi connectivity index (χ1n) is 10.4. The fourth-order valence-corrected chi connectivity index (χ4v) is 2.97. The summed E-state index contributed by atoms with van der Waals surface area (Å²) in [7, 11) is 0. The molecule has 0 aliphatic rings. The zero-order valence-electron chi connectivity index (χ0n) is 18.3. The molecular weight excluding hydrogens is 422 g/mol. The van der Waals surface area contributed by atoms with Crippen LogP contribution in [0.4, 0.5) is 5.69 Å². The fraction of sp³-hybridized carbons (Fsp3) is 0.160. The highest BCUT2D eigenvalue weighted by atomic mass is 16.5. The van der Waals surface area contributed by atoms with E-state index in [1.54, 1.807) is 55.5 Å². The Labute approximate surface area is 191 Å². The van der Waals surface area contributed by atoms with E-state index < -0.39 is 0 Å². The van der Waals surface area contributed by atoms with E-state index in [0.29, 0.717) is 46.8 Å². The Morgan fingerprint density at radius 2 is 1.42 bits per heavy atom. The van der Waals surface area contributed by atoms with Gasteiger partial charge in [0.2, 0.25) is 11.7 Å². The van der Waals surface area contributed by atoms with E-state index in [0.717, 1.165) is 5.75 Å². The van der Waals surface area contributed by atoms with Gasteiger partial charge < -0.3 is 24.1 Å². The first kappa shape index (κ1) is 21.9. The van der Waals surface area contributed by atoms with E-state index in [9.17, 15) is 4.79 Å². The molecule has 4 rings (SSSR count). The zero-order chi connectivity index (χ0) is 23.0. The molecule has 0 saturated carbocycles. The summed E-state index contributed by atoms with van der Waals surface area (Å²) in [6.07, 6.45) is 0. The minimum Gasteiger partial charge on any atom is -0.494 e. The van der Waals surface area contributed by atoms with Gasteiger partial charge in [-0.25, -0.2) is 0 Å². The molecule has 8 nitrogen and oxygen atoms in total. The fourth-order valence-electron chi connectivity index (χ4n) is 2.97. The Bertz CT molecular complexity index is 1190. The molecule has 8 heteroatoms. The number of carbonyl (C=O) groups is 1. The second-order valence-corrected chi connectivity index (χ2v) is 7.03. The minimum atomic E-state index is -0.226. The second kappa shape index (κ2) is 10.3. The number of rotatable bonds is 9. The van der Waals surface area contributed by atoms with Gasteiger partial charge in [-0.3, -0.25) is 4.79 Å². The van der Waals surface area contributed by atoms with Crippen molar-refractivity contribution in [1.82, 2.24) is 10.1 Å². The third-order valence-corrected chi connectivity index (χ3v) is 4.54. The first-order chi connectivity index (χ1) is 16.1. The largest absolute Gasteiger partial charge is 0.494 e. The SMILES string of the molecule is CCOc1ccc(Oc2ccc(NC(=O)c3ccc(OCc4noc(C)n4)cc3)cc2)cc1. The van der Waals surface area contributed by atoms with Gasteiger partial charge in [0.1, 0.15) is 23.0 Å². The molecule has 0 aliphatic heterocycles. The van der Waals surface area contributed by atoms with Crippen LogP contribution in [0.5, 0.6) is 23.0 Å². The van der Waals surface area contributed by atoms with Crippen LogP contribution in [0.25, 0.3) is 0 Å². The molecule has 0 atom stereocenters. The second-order valence-electron chi connectivity index (χ2n) is 7.03. The van der Waals surface area contributed by atoms with Crippen molar-refractivity contribution in [1.29, 1.82) is 0 Å². The maximum absolute atomic E-state index is 12.5. The monoisotopic (exact) mass is 445 g/mol. The first-order valence-corrected chi connectivity index (χ1v) is 10.4. The summed E-state index contributed by atoms with van der Waals surface area (Å²) in [6, 6.07) is 21.4. The number of aryl methyl sites for hydroxylation is 1. The molecular formula is C25H23N3O5. The summed E-state index contributed by atoms with van der Waals surface area (Å²) >= 11 is 0. The van der Waals surface area contributed by atoms with Crippen molar-refractivity contribution in [2.75, 3.05) is 11.9 Å². The maximum atomic E-state index is 12.5. The lowest BCUT2D eigenvalue weighted by molar-refractivity contribution is 0.102. The molecule has 1 amide bonds. The zero-order valence-corrected chi connectivity index (χ0v) is 18.3. The van der Waals surface area contributed by atoms with Crippen LogP contribution in [0.15, 0.2) is 77.3 Å². The van der Waals surface area contributed by atoms with Crippen LogP contribution >= 0.6 is 0 Å². The predicted octanol–water partition coefficient (Wildman–Crippen LogP) is 5.40. The van der Waals surface area contributed by atoms with Gasteiger partial charge in [0.25, 0.3) is 5.91 Å². The van der Waals surface area contributed by atoms with Crippen molar-refractivity contribution < 1.29 is 23.5 Å². The average Bonchev–Trinajstić information content (AvgIpc) is 3.26. The highest BCUT2D eigenvalue weighted by molar-refractivity contribution is 6.04. The number of amides is 1. The van der Waals surface area contributed by atoms with Gasteiger partial charge in [0.15, 0.2) is 6.61 Å². The van der Waals surface area contributed by atoms with Crippen molar-refractivity contribution in [2.24, 2.45) is 0 Å². The number of anilines is 1. The molecule has 1 heterocycles. The molecule has 3 aromatic carbocycles. The number of nitrogens with one attached hydrogen (secondary N) is 1. The summed E-state index contributed by atoms with van der Waals surface area (Å²) in [6.45, 7) is 4.46. The Hall–Kier alpha value is -4.33. The number of hydrogen-bond donors (Lipinski definition) is 1. The van der Waals surface area contributed by atoms with E-state index in [2.05, 4.69) is 15.5 Å². The number of benzene rings is 3. The van der Waals surface area contributed by atoms with Gasteiger partial charge in [0.05, 0.1) is 6.61 Å². The van der Waals surface area contributed by atoms with Gasteiger partial charge in [0, 0.05) is 18.2 Å². The molecule has 1 N–H and O–H groups in total. The quantitative estimate of drug-likeness (QED) is 0.368. The Morgan fingerprint density at radius 1 is 0.848 bits per heavy atom. The number of nitrogens with zero attached hydrogens (tertiary/aromatic N) is 2. The van der Waals surface area contributed by atoms with Crippen LogP contribution in [-0.4, -0.2) is 22.7 Å². The van der Waals surface area contributed by atoms with Gasteiger partial charge >= 0.3 is 0 Å². The lowest BCUT2D eigenvalue weighted by atomic mass is 10.2. The van der Waals surface area contributed by atoms with Crippen LogP contribution in [-0.2, 0) is 6.61 Å². The van der Waals surface area contributed by atoms with E-state index in [1.807, 2.05) is 31.2 Å². The minimum absolute atomic E-state index is 0.188. The van der Waals surface area contributed by atoms with Gasteiger partial charge in [-0.15, -0.1) is 0 Å². The molecule has 0 saturated heterocycles. The van der Waals surface area contributed by atoms with Gasteiger partial charge in [-0.1, -0.05) is 5.16 Å². The Balaban J connectivity index is 1.29. The van der Waals surface area contributed by atoms with Crippen molar-refractivity contribution >= 4 is 11.6 Å². The summed E-state index contributed by atoms with van der Waals surface area (Å²) in [5.74, 6) is 3.48. The third kappa shape index (κ3) is 6.10. The molecule has 0 aliphatic carbocycles. The van der Waals surface area contributed by atoms with Crippen LogP contribution < -0.4 is 19.5 Å². The highest BCUT2D eigenvalue weighted by Crippen LogP contribution is 2.25. The molecule has 4 aromatic rings. The number of ether oxygens (including phenoxy) is 3. The standard InChI is InChI=1S/C25H23N3O5/c1-3-30-20-12-14-23(15-13-20)32-22-10-6-19(7-11-22)27-25(29)18-4-8-21(9-5-18)31-16-24-26-17(2)33-28-24/h4-15H,3,16H2,1-2H3,(H,27,29). The smallest absolute Gasteiger partial charge is 0.255 e. The van der Waals surface area contributed by atoms with Crippen LogP contribution in [0, 0.1) is 6.92 Å². The van der Waals surface area contributed by atoms with E-state index >= 15 is 0 Å². The maximum Gasteiger partial charge on any atom is 0.255 e. The normalized spacial score (nSPS) is 10.5. The van der Waals surface area contributed by atoms with Crippen molar-refractivity contribution in [3.05, 3.63) is 90.1 Å². The van der Waals surface area contributed by atoms with E-state index in [-0.39, 0.29) is 12.5 Å². The van der Waals surface area contributed by atoms with Gasteiger partial charge in [-0.05, 0) is 79.7 Å². The molecule has 33 heavy (non-hydrogen) atoms. The third-order valence-electron chi connectivity index (χ3n) is 4.54.